The maximum Gasteiger partial charge on any atom is 0.505 e. The molecule has 1 aliphatic heterocycles. The van der Waals surface area contributed by atoms with Gasteiger partial charge in [0.15, 0.2) is 21.1 Å². The molecule has 0 saturated carbocycles. The highest BCUT2D eigenvalue weighted by atomic mass is 31.1. The Labute approximate surface area is 120 Å². The van der Waals surface area contributed by atoms with Crippen LogP contribution >= 0.6 is 8.03 Å². The normalized spacial score (nSPS) is 34.3. The molecule has 5 atom stereocenters. The van der Waals surface area contributed by atoms with E-state index in [1.807, 2.05) is 6.92 Å². The van der Waals surface area contributed by atoms with Gasteiger partial charge in [-0.05, 0) is 36.5 Å². The third kappa shape index (κ3) is 4.08. The van der Waals surface area contributed by atoms with Crippen molar-refractivity contribution < 1.29 is 19.6 Å². The van der Waals surface area contributed by atoms with Crippen LogP contribution in [0.1, 0.15) is 36.0 Å². The molecule has 0 bridgehead atoms. The fourth-order valence-corrected chi connectivity index (χ4v) is 3.85. The standard InChI is InChI=1S/C13H28O4PSi/c1-9-11(16-18(6)14)12(10(2)15-9)17-19(7,8)13(3,4)5/h9-12H,1-8H3/q+1/t9-,10+,11?,12-/m1/s1/i1D. The lowest BCUT2D eigenvalue weighted by atomic mass is 10.1. The van der Waals surface area contributed by atoms with Gasteiger partial charge in [-0.25, -0.2) is 0 Å². The molecule has 112 valence electrons. The zero-order valence-electron chi connectivity index (χ0n) is 14.1. The van der Waals surface area contributed by atoms with E-state index in [1.165, 1.54) is 6.66 Å². The van der Waals surface area contributed by atoms with Crippen LogP contribution in [0.4, 0.5) is 0 Å². The van der Waals surface area contributed by atoms with Crippen molar-refractivity contribution >= 4 is 16.3 Å². The number of hydrogen-bond donors (Lipinski definition) is 0. The Bertz CT molecular complexity index is 359. The van der Waals surface area contributed by atoms with Crippen molar-refractivity contribution in [2.75, 3.05) is 6.66 Å². The Kier molecular flexibility index (Phi) is 4.84. The third-order valence-corrected chi connectivity index (χ3v) is 9.06. The molecule has 0 aromatic carbocycles. The molecule has 0 spiro atoms. The minimum Gasteiger partial charge on any atom is -0.408 e. The van der Waals surface area contributed by atoms with Crippen LogP contribution in [0.15, 0.2) is 0 Å². The van der Waals surface area contributed by atoms with Crippen molar-refractivity contribution in [1.82, 2.24) is 0 Å². The SMILES string of the molecule is [2H]C[C@H]1O[C@@H](C)[C@@H](O[Si](C)(C)C(C)(C)C)C1O[P+](C)=O. The molecule has 1 rings (SSSR count). The van der Waals surface area contributed by atoms with Gasteiger partial charge in [0.1, 0.15) is 6.10 Å². The highest BCUT2D eigenvalue weighted by Gasteiger charge is 2.50. The fraction of sp³-hybridized carbons (Fsp3) is 1.00. The molecule has 1 aliphatic rings. The van der Waals surface area contributed by atoms with Gasteiger partial charge in [0.25, 0.3) is 0 Å². The second-order valence-electron chi connectivity index (χ2n) is 6.73. The summed E-state index contributed by atoms with van der Waals surface area (Å²) >= 11 is 0. The summed E-state index contributed by atoms with van der Waals surface area (Å²) in [7, 11) is -3.70. The zero-order chi connectivity index (χ0) is 15.7. The average Bonchev–Trinajstić information content (AvgIpc) is 2.54. The maximum absolute atomic E-state index is 11.4. The van der Waals surface area contributed by atoms with Crippen molar-refractivity contribution in [3.8, 4) is 0 Å². The first-order valence-corrected chi connectivity index (χ1v) is 11.2. The van der Waals surface area contributed by atoms with E-state index in [0.29, 0.717) is 0 Å². The van der Waals surface area contributed by atoms with Crippen LogP contribution < -0.4 is 0 Å². The van der Waals surface area contributed by atoms with Crippen LogP contribution in [0, 0.1) is 0 Å². The van der Waals surface area contributed by atoms with Crippen molar-refractivity contribution in [1.29, 1.82) is 0 Å². The molecule has 19 heavy (non-hydrogen) atoms. The summed E-state index contributed by atoms with van der Waals surface area (Å²) in [5.74, 6) is 0. The minimum absolute atomic E-state index is 0.0880. The lowest BCUT2D eigenvalue weighted by Gasteiger charge is -2.39. The molecule has 4 nitrogen and oxygen atoms in total. The van der Waals surface area contributed by atoms with Gasteiger partial charge in [0.2, 0.25) is 0 Å². The van der Waals surface area contributed by atoms with E-state index in [2.05, 4.69) is 33.9 Å². The zero-order valence-corrected chi connectivity index (χ0v) is 15.0. The second kappa shape index (κ2) is 5.90. The summed E-state index contributed by atoms with van der Waals surface area (Å²) in [5, 5.41) is 0.0880. The summed E-state index contributed by atoms with van der Waals surface area (Å²) in [4.78, 5) is 0. The molecule has 1 fully saturated rings. The lowest BCUT2D eigenvalue weighted by Crippen LogP contribution is -2.49. The maximum atomic E-state index is 11.4. The summed E-state index contributed by atoms with van der Waals surface area (Å²) < 4.78 is 36.7. The van der Waals surface area contributed by atoms with Crippen molar-refractivity contribution in [2.45, 2.75) is 77.1 Å². The Balaban J connectivity index is 2.92. The molecule has 1 saturated heterocycles. The van der Waals surface area contributed by atoms with Crippen molar-refractivity contribution in [2.24, 2.45) is 0 Å². The number of hydrogen-bond acceptors (Lipinski definition) is 4. The second-order valence-corrected chi connectivity index (χ2v) is 12.6. The topological polar surface area (TPSA) is 44.8 Å². The number of ether oxygens (including phenoxy) is 1. The van der Waals surface area contributed by atoms with Crippen LogP contribution in [0.3, 0.4) is 0 Å². The summed E-state index contributed by atoms with van der Waals surface area (Å²) in [6.07, 6.45) is -1.16. The van der Waals surface area contributed by atoms with Crippen LogP contribution in [0.2, 0.25) is 18.1 Å². The summed E-state index contributed by atoms with van der Waals surface area (Å²) in [5.41, 5.74) is 0. The molecule has 1 heterocycles. The predicted octanol–water partition coefficient (Wildman–Crippen LogP) is 3.94. The Morgan fingerprint density at radius 1 is 1.26 bits per heavy atom. The first kappa shape index (κ1) is 15.6. The Morgan fingerprint density at radius 3 is 2.26 bits per heavy atom. The van der Waals surface area contributed by atoms with Gasteiger partial charge < -0.3 is 9.16 Å². The van der Waals surface area contributed by atoms with Crippen LogP contribution in [-0.2, 0) is 18.3 Å². The first-order chi connectivity index (χ1) is 8.99. The van der Waals surface area contributed by atoms with Crippen molar-refractivity contribution in [3.63, 3.8) is 0 Å². The van der Waals surface area contributed by atoms with E-state index in [-0.39, 0.29) is 30.2 Å². The molecule has 2 unspecified atom stereocenters. The Hall–Kier alpha value is 0.197. The quantitative estimate of drug-likeness (QED) is 0.583. The average molecular weight is 308 g/mol. The largest absolute Gasteiger partial charge is 0.505 e. The van der Waals surface area contributed by atoms with Crippen LogP contribution in [0.5, 0.6) is 0 Å². The highest BCUT2D eigenvalue weighted by molar-refractivity contribution is 7.38. The molecular weight excluding hydrogens is 279 g/mol. The fourth-order valence-electron chi connectivity index (χ4n) is 1.89. The lowest BCUT2D eigenvalue weighted by molar-refractivity contribution is 0.0313. The minimum atomic E-state index is -1.96. The van der Waals surface area contributed by atoms with Gasteiger partial charge in [0, 0.05) is 1.37 Å². The highest BCUT2D eigenvalue weighted by Crippen LogP contribution is 2.41. The summed E-state index contributed by atoms with van der Waals surface area (Å²) in [6.45, 7) is 14.5. The molecule has 6 heteroatoms. The summed E-state index contributed by atoms with van der Waals surface area (Å²) in [6, 6.07) is 0. The smallest absolute Gasteiger partial charge is 0.408 e. The third-order valence-electron chi connectivity index (χ3n) is 4.05. The van der Waals surface area contributed by atoms with E-state index in [4.69, 9.17) is 15.1 Å². The van der Waals surface area contributed by atoms with Gasteiger partial charge in [-0.15, -0.1) is 4.52 Å². The van der Waals surface area contributed by atoms with Crippen molar-refractivity contribution in [3.05, 3.63) is 0 Å². The molecular formula is C13H28O4PSi+. The molecule has 0 aliphatic carbocycles. The molecule has 0 radical (unpaired) electrons. The monoisotopic (exact) mass is 308 g/mol. The predicted molar refractivity (Wildman–Crippen MR) is 80.5 cm³/mol. The van der Waals surface area contributed by atoms with Gasteiger partial charge >= 0.3 is 8.03 Å². The van der Waals surface area contributed by atoms with E-state index in [1.54, 1.807) is 0 Å². The molecule has 0 aromatic heterocycles. The molecule has 0 aromatic rings. The Morgan fingerprint density at radius 2 is 1.84 bits per heavy atom. The van der Waals surface area contributed by atoms with Gasteiger partial charge in [-0.1, -0.05) is 20.8 Å². The van der Waals surface area contributed by atoms with Crippen LogP contribution in [-0.4, -0.2) is 39.4 Å². The number of rotatable bonds is 4. The van der Waals surface area contributed by atoms with Gasteiger partial charge in [-0.3, -0.25) is 0 Å². The van der Waals surface area contributed by atoms with Crippen LogP contribution in [0.25, 0.3) is 0 Å². The van der Waals surface area contributed by atoms with E-state index in [9.17, 15) is 4.57 Å². The van der Waals surface area contributed by atoms with E-state index < -0.39 is 22.4 Å². The van der Waals surface area contributed by atoms with Gasteiger partial charge in [-0.2, -0.15) is 0 Å². The van der Waals surface area contributed by atoms with Gasteiger partial charge in [0.05, 0.1) is 12.2 Å². The van der Waals surface area contributed by atoms with E-state index >= 15 is 0 Å². The van der Waals surface area contributed by atoms with E-state index in [0.717, 1.165) is 0 Å². The first-order valence-electron chi connectivity index (χ1n) is 7.40. The molecule has 0 amide bonds. The molecule has 0 N–H and O–H groups in total.